The Morgan fingerprint density at radius 2 is 1.71 bits per heavy atom. The van der Waals surface area contributed by atoms with Gasteiger partial charge in [0.05, 0.1) is 16.4 Å². The molecule has 0 amide bonds. The fourth-order valence-corrected chi connectivity index (χ4v) is 3.60. The van der Waals surface area contributed by atoms with Crippen LogP contribution >= 0.6 is 23.4 Å². The smallest absolute Gasteiger partial charge is 0.277 e. The molecule has 3 aromatic carbocycles. The first-order valence-corrected chi connectivity index (χ1v) is 11.2. The zero-order valence-electron chi connectivity index (χ0n) is 17.4. The summed E-state index contributed by atoms with van der Waals surface area (Å²) in [7, 11) is 0. The zero-order valence-corrected chi connectivity index (χ0v) is 19.0. The van der Waals surface area contributed by atoms with Gasteiger partial charge in [-0.3, -0.25) is 20.3 Å². The van der Waals surface area contributed by atoms with Crippen LogP contribution in [0.2, 0.25) is 5.02 Å². The summed E-state index contributed by atoms with van der Waals surface area (Å²) in [5, 5.41) is 24.1. The molecule has 4 rings (SSSR count). The van der Waals surface area contributed by atoms with Crippen molar-refractivity contribution >= 4 is 46.2 Å². The first-order valence-electron chi connectivity index (χ1n) is 9.88. The highest BCUT2D eigenvalue weighted by molar-refractivity contribution is 7.99. The Labute approximate surface area is 203 Å². The minimum Gasteiger partial charge on any atom is -0.409 e. The Morgan fingerprint density at radius 3 is 2.38 bits per heavy atom. The molecule has 0 aliphatic rings. The second-order valence-electron chi connectivity index (χ2n) is 6.83. The third kappa shape index (κ3) is 5.85. The second kappa shape index (κ2) is 10.7. The Balaban J connectivity index is 1.51. The first-order chi connectivity index (χ1) is 16.5. The van der Waals surface area contributed by atoms with Crippen molar-refractivity contribution in [3.8, 4) is 0 Å². The fourth-order valence-electron chi connectivity index (χ4n) is 2.82. The molecule has 0 atom stereocenters. The van der Waals surface area contributed by atoms with Crippen LogP contribution in [0.15, 0.2) is 93.6 Å². The number of rotatable bonds is 9. The van der Waals surface area contributed by atoms with Crippen molar-refractivity contribution in [1.29, 1.82) is 0 Å². The number of hydrogen-bond acceptors (Lipinski definition) is 9. The largest absolute Gasteiger partial charge is 0.409 e. The van der Waals surface area contributed by atoms with Gasteiger partial charge in [0.15, 0.2) is 11.5 Å². The van der Waals surface area contributed by atoms with Crippen LogP contribution in [0.4, 0.5) is 11.4 Å². The minimum atomic E-state index is -0.474. The van der Waals surface area contributed by atoms with Crippen molar-refractivity contribution in [2.24, 2.45) is 5.10 Å². The number of anilines is 1. The van der Waals surface area contributed by atoms with Crippen molar-refractivity contribution in [2.45, 2.75) is 5.22 Å². The number of carbonyl (C=O) groups excluding carboxylic acids is 1. The van der Waals surface area contributed by atoms with Gasteiger partial charge in [-0.15, -0.1) is 10.2 Å². The van der Waals surface area contributed by atoms with Gasteiger partial charge in [0.1, 0.15) is 0 Å². The minimum absolute atomic E-state index is 0.0236. The lowest BCUT2D eigenvalue weighted by Gasteiger charge is -2.05. The van der Waals surface area contributed by atoms with Crippen LogP contribution < -0.4 is 5.43 Å². The summed E-state index contributed by atoms with van der Waals surface area (Å²) in [6.07, 6.45) is 0. The molecule has 0 fully saturated rings. The van der Waals surface area contributed by atoms with Gasteiger partial charge < -0.3 is 4.42 Å². The highest BCUT2D eigenvalue weighted by Crippen LogP contribution is 2.21. The van der Waals surface area contributed by atoms with Crippen molar-refractivity contribution in [1.82, 2.24) is 10.2 Å². The molecule has 4 aromatic rings. The maximum Gasteiger partial charge on any atom is 0.277 e. The highest BCUT2D eigenvalue weighted by Gasteiger charge is 2.17. The molecule has 0 spiro atoms. The topological polar surface area (TPSA) is 124 Å². The van der Waals surface area contributed by atoms with E-state index in [4.69, 9.17) is 16.0 Å². The number of nitrogens with zero attached hydrogens (tertiary/aromatic N) is 4. The number of hydrogen-bond donors (Lipinski definition) is 1. The number of nitro benzene ring substituents is 1. The van der Waals surface area contributed by atoms with Gasteiger partial charge in [-0.25, -0.2) is 0 Å². The monoisotopic (exact) mass is 493 g/mol. The first kappa shape index (κ1) is 23.1. The average molecular weight is 494 g/mol. The number of Topliss-reactive ketones (excluding diaryl/α,β-unsaturated/α-hetero) is 1. The average Bonchev–Trinajstić information content (AvgIpc) is 3.33. The number of ketones is 1. The number of non-ortho nitro benzene ring substituents is 1. The van der Waals surface area contributed by atoms with Gasteiger partial charge >= 0.3 is 0 Å². The quantitative estimate of drug-likeness (QED) is 0.107. The van der Waals surface area contributed by atoms with Gasteiger partial charge in [-0.2, -0.15) is 5.10 Å². The Hall–Kier alpha value is -4.02. The van der Waals surface area contributed by atoms with Crippen LogP contribution in [0.3, 0.4) is 0 Å². The van der Waals surface area contributed by atoms with Gasteiger partial charge in [0.25, 0.3) is 16.8 Å². The van der Waals surface area contributed by atoms with Crippen molar-refractivity contribution < 1.29 is 14.1 Å². The SMILES string of the molecule is O=C(CSc1nnc(C(=NNc2ccc([N+](=O)[O-])cc2)c2ccccc2)o1)c1ccc(Cl)cc1. The van der Waals surface area contributed by atoms with E-state index < -0.39 is 4.92 Å². The molecular weight excluding hydrogens is 478 g/mol. The van der Waals surface area contributed by atoms with E-state index in [0.717, 1.165) is 11.8 Å². The van der Waals surface area contributed by atoms with Crippen molar-refractivity contribution in [3.05, 3.63) is 111 Å². The number of thioether (sulfide) groups is 1. The van der Waals surface area contributed by atoms with Gasteiger partial charge in [0, 0.05) is 28.3 Å². The predicted octanol–water partition coefficient (Wildman–Crippen LogP) is 5.47. The number of nitrogens with one attached hydrogen (secondary N) is 1. The van der Waals surface area contributed by atoms with E-state index in [1.165, 1.54) is 12.1 Å². The van der Waals surface area contributed by atoms with Crippen LogP contribution in [0.1, 0.15) is 21.8 Å². The molecule has 34 heavy (non-hydrogen) atoms. The number of hydrazone groups is 1. The summed E-state index contributed by atoms with van der Waals surface area (Å²) in [6, 6.07) is 21.7. The fraction of sp³-hybridized carbons (Fsp3) is 0.0435. The van der Waals surface area contributed by atoms with Crippen LogP contribution in [-0.4, -0.2) is 32.4 Å². The van der Waals surface area contributed by atoms with Gasteiger partial charge in [-0.05, 0) is 36.4 Å². The molecule has 0 aliphatic heterocycles. The van der Waals surface area contributed by atoms with Crippen LogP contribution in [0.5, 0.6) is 0 Å². The summed E-state index contributed by atoms with van der Waals surface area (Å²) < 4.78 is 5.75. The summed E-state index contributed by atoms with van der Waals surface area (Å²) >= 11 is 6.98. The summed E-state index contributed by atoms with van der Waals surface area (Å²) in [5.41, 5.74) is 5.01. The van der Waals surface area contributed by atoms with Gasteiger partial charge in [-0.1, -0.05) is 53.7 Å². The third-order valence-electron chi connectivity index (χ3n) is 4.52. The Kier molecular flexibility index (Phi) is 7.31. The molecule has 170 valence electrons. The van der Waals surface area contributed by atoms with Gasteiger partial charge in [0.2, 0.25) is 0 Å². The highest BCUT2D eigenvalue weighted by atomic mass is 35.5. The number of aromatic nitrogens is 2. The maximum absolute atomic E-state index is 12.4. The molecule has 1 N–H and O–H groups in total. The van der Waals surface area contributed by atoms with E-state index in [1.807, 2.05) is 30.3 Å². The molecule has 0 saturated carbocycles. The molecule has 1 heterocycles. The molecule has 9 nitrogen and oxygen atoms in total. The molecule has 0 radical (unpaired) electrons. The maximum atomic E-state index is 12.4. The summed E-state index contributed by atoms with van der Waals surface area (Å²) in [6.45, 7) is 0. The number of nitro groups is 1. The third-order valence-corrected chi connectivity index (χ3v) is 5.59. The number of carbonyl (C=O) groups is 1. The number of benzene rings is 3. The normalized spacial score (nSPS) is 11.3. The number of halogens is 1. The van der Waals surface area contributed by atoms with Crippen LogP contribution in [-0.2, 0) is 0 Å². The summed E-state index contributed by atoms with van der Waals surface area (Å²) in [5.74, 6) is 0.169. The lowest BCUT2D eigenvalue weighted by atomic mass is 10.1. The molecule has 11 heteroatoms. The van der Waals surface area contributed by atoms with E-state index >= 15 is 0 Å². The molecule has 0 saturated heterocycles. The lowest BCUT2D eigenvalue weighted by molar-refractivity contribution is -0.384. The van der Waals surface area contributed by atoms with Crippen molar-refractivity contribution in [3.63, 3.8) is 0 Å². The molecular formula is C23H16ClN5O4S. The molecule has 0 unspecified atom stereocenters. The second-order valence-corrected chi connectivity index (χ2v) is 8.20. The molecule has 0 aliphatic carbocycles. The summed E-state index contributed by atoms with van der Waals surface area (Å²) in [4.78, 5) is 22.8. The van der Waals surface area contributed by atoms with Crippen molar-refractivity contribution in [2.75, 3.05) is 11.2 Å². The molecule has 0 bridgehead atoms. The Bertz CT molecular complexity index is 1330. The predicted molar refractivity (Wildman–Crippen MR) is 130 cm³/mol. The lowest BCUT2D eigenvalue weighted by Crippen LogP contribution is -2.07. The van der Waals surface area contributed by atoms with Crippen LogP contribution in [0, 0.1) is 10.1 Å². The van der Waals surface area contributed by atoms with E-state index in [-0.39, 0.29) is 28.3 Å². The van der Waals surface area contributed by atoms with E-state index in [0.29, 0.717) is 27.5 Å². The molecule has 1 aromatic heterocycles. The standard InChI is InChI=1S/C23H16ClN5O4S/c24-17-8-6-15(7-9-17)20(30)14-34-23-28-27-22(33-23)21(16-4-2-1-3-5-16)26-25-18-10-12-19(13-11-18)29(31)32/h1-13,25H,14H2. The van der Waals surface area contributed by atoms with E-state index in [1.54, 1.807) is 36.4 Å². The zero-order chi connectivity index (χ0) is 23.9. The Morgan fingerprint density at radius 1 is 1.00 bits per heavy atom. The van der Waals surface area contributed by atoms with Crippen LogP contribution in [0.25, 0.3) is 0 Å². The van der Waals surface area contributed by atoms with E-state index in [2.05, 4.69) is 20.7 Å². The van der Waals surface area contributed by atoms with E-state index in [9.17, 15) is 14.9 Å².